The van der Waals surface area contributed by atoms with Crippen LogP contribution in [0.15, 0.2) is 83.2 Å². The topological polar surface area (TPSA) is 277 Å². The van der Waals surface area contributed by atoms with Crippen molar-refractivity contribution in [2.24, 2.45) is 7.05 Å². The highest BCUT2D eigenvalue weighted by atomic mass is 32.1. The lowest BCUT2D eigenvalue weighted by atomic mass is 9.95. The molecule has 22 nitrogen and oxygen atoms in total. The molecule has 12 aromatic heterocycles. The number of carbonyl (C=O) groups excluding carboxylic acids is 4. The molecule has 0 saturated carbocycles. The minimum absolute atomic E-state index is 0.00843. The molecule has 4 amide bonds. The first-order valence-electron chi connectivity index (χ1n) is 41.1. The van der Waals surface area contributed by atoms with Crippen LogP contribution in [-0.2, 0) is 77.6 Å². The molecule has 0 unspecified atom stereocenters. The SMILES string of the molecule is CC(C)NCCC(=O)Nc1sc2c(c1-c1nc(-c3cncc(F)c3)cs1)CCCC2.CC(C)NCCC(=O)Nc1sc2c(c1-c1nc(-c3cnn(C)c3)cs1)CCCC2.Cc1ccc(-c2csc(-c3c(NC(=O)CCNC(C)C)sc4c3CCCC4)n2)cn1.Cc1cn(-c2csc(-c3c(NC(=O)CCNC(C)C)sc4c3CCCC4)n2)cn1. The Morgan fingerprint density at radius 2 is 0.797 bits per heavy atom. The fourth-order valence-electron chi connectivity index (χ4n) is 14.5. The van der Waals surface area contributed by atoms with Gasteiger partial charge in [0, 0.05) is 194 Å². The van der Waals surface area contributed by atoms with Gasteiger partial charge in [0.25, 0.3) is 0 Å². The van der Waals surface area contributed by atoms with Crippen molar-refractivity contribution in [3.8, 4) is 81.9 Å². The normalized spacial score (nSPS) is 13.6. The van der Waals surface area contributed by atoms with Crippen molar-refractivity contribution >= 4 is 134 Å². The van der Waals surface area contributed by atoms with E-state index in [1.807, 2.05) is 61.7 Å². The molecule has 12 aromatic rings. The molecular weight excluding hydrogens is 1640 g/mol. The average molecular weight is 1740 g/mol. The summed E-state index contributed by atoms with van der Waals surface area (Å²) in [7, 11) is 1.91. The molecular formula is C87H107FN18O4S8. The van der Waals surface area contributed by atoms with E-state index >= 15 is 0 Å². The van der Waals surface area contributed by atoms with Crippen LogP contribution in [0.3, 0.4) is 0 Å². The summed E-state index contributed by atoms with van der Waals surface area (Å²) in [5.41, 5.74) is 17.1. The number of hydrogen-bond acceptors (Lipinski definition) is 24. The van der Waals surface area contributed by atoms with E-state index in [-0.39, 0.29) is 29.4 Å². The number of pyridine rings is 2. The molecule has 0 spiro atoms. The van der Waals surface area contributed by atoms with Gasteiger partial charge < -0.3 is 42.5 Å². The van der Waals surface area contributed by atoms with Crippen LogP contribution in [-0.4, -0.2) is 123 Å². The van der Waals surface area contributed by atoms with Crippen LogP contribution in [0.5, 0.6) is 0 Å². The summed E-state index contributed by atoms with van der Waals surface area (Å²) in [6, 6.07) is 7.02. The van der Waals surface area contributed by atoms with Gasteiger partial charge in [-0.1, -0.05) is 55.4 Å². The standard InChI is InChI=1S/C23H28N4OS2.C22H25FN4OS2.2C21H27N5OS2/c1-14(2)24-11-10-20(28)27-23-21(17-6-4-5-7-19(17)30-23)22-26-18(13-29-22)16-9-8-15(3)25-12-16;1-13(2)25-8-7-19(28)27-22-20(16-5-3-4-6-18(16)30-22)21-26-17(12-29-21)14-9-15(23)11-24-10-14;1-13(2)22-9-8-18(27)25-21-19(15-6-4-5-7-17(15)29-21)20-24-16(12-28-20)14-10-23-26(3)11-14;1-13(2)22-9-8-18(27)25-21-19(15-6-4-5-7-16(15)29-21)20-24-17(11-28-20)26-10-14(3)23-12-26/h8-9,12-14,24H,4-7,10-11H2,1-3H3,(H,27,28);9-13,25H,3-8H2,1-2H3,(H,27,28);2*10-13,22H,4-9H2,1-3H3,(H,25,27). The van der Waals surface area contributed by atoms with E-state index in [0.29, 0.717) is 87.3 Å². The fourth-order valence-corrected chi connectivity index (χ4v) is 23.6. The highest BCUT2D eigenvalue weighted by Crippen LogP contribution is 2.50. The number of carbonyl (C=O) groups is 4. The Labute approximate surface area is 723 Å². The van der Waals surface area contributed by atoms with Crippen LogP contribution in [0.1, 0.15) is 186 Å². The number of imidazole rings is 1. The van der Waals surface area contributed by atoms with E-state index in [2.05, 4.69) is 140 Å². The highest BCUT2D eigenvalue weighted by molar-refractivity contribution is 7.20. The zero-order valence-electron chi connectivity index (χ0n) is 69.1. The first kappa shape index (κ1) is 87.5. The molecule has 31 heteroatoms. The van der Waals surface area contributed by atoms with Gasteiger partial charge in [0.1, 0.15) is 58.0 Å². The number of nitrogens with one attached hydrogen (secondary N) is 8. The second-order valence-corrected chi connectivity index (χ2v) is 39.2. The van der Waals surface area contributed by atoms with Crippen LogP contribution in [0.25, 0.3) is 81.9 Å². The lowest BCUT2D eigenvalue weighted by Crippen LogP contribution is -2.27. The minimum atomic E-state index is -0.377. The maximum atomic E-state index is 13.6. The van der Waals surface area contributed by atoms with Gasteiger partial charge in [0.15, 0.2) is 0 Å². The average Bonchev–Trinajstić information content (AvgIpc) is 1.64. The molecule has 4 aliphatic rings. The van der Waals surface area contributed by atoms with Crippen LogP contribution in [0.4, 0.5) is 24.4 Å². The number of hydrogen-bond donors (Lipinski definition) is 8. The molecule has 0 fully saturated rings. The molecule has 0 radical (unpaired) electrons. The predicted molar refractivity (Wildman–Crippen MR) is 489 cm³/mol. The molecule has 624 valence electrons. The number of thiophene rings is 4. The molecule has 118 heavy (non-hydrogen) atoms. The molecule has 4 aliphatic carbocycles. The van der Waals surface area contributed by atoms with Gasteiger partial charge in [-0.05, 0) is 157 Å². The Balaban J connectivity index is 0.000000136. The number of amides is 4. The molecule has 0 aliphatic heterocycles. The summed E-state index contributed by atoms with van der Waals surface area (Å²) < 4.78 is 17.3. The van der Waals surface area contributed by atoms with Gasteiger partial charge in [-0.25, -0.2) is 29.3 Å². The molecule has 12 heterocycles. The van der Waals surface area contributed by atoms with Crippen molar-refractivity contribution in [2.45, 2.75) is 222 Å². The third-order valence-corrected chi connectivity index (χ3v) is 28.6. The molecule has 8 N–H and O–H groups in total. The predicted octanol–water partition coefficient (Wildman–Crippen LogP) is 19.8. The molecule has 0 aromatic carbocycles. The van der Waals surface area contributed by atoms with Crippen molar-refractivity contribution in [1.82, 2.24) is 70.5 Å². The Morgan fingerprint density at radius 3 is 1.14 bits per heavy atom. The van der Waals surface area contributed by atoms with Crippen molar-refractivity contribution in [3.05, 3.63) is 142 Å². The first-order valence-corrected chi connectivity index (χ1v) is 47.9. The van der Waals surface area contributed by atoms with Crippen LogP contribution < -0.4 is 42.5 Å². The summed E-state index contributed by atoms with van der Waals surface area (Å²) in [4.78, 5) is 87.9. The number of thiazole rings is 4. The van der Waals surface area contributed by atoms with Crippen molar-refractivity contribution in [2.75, 3.05) is 47.4 Å². The number of nitrogens with zero attached hydrogens (tertiary/aromatic N) is 10. The van der Waals surface area contributed by atoms with Gasteiger partial charge in [-0.15, -0.1) is 90.7 Å². The van der Waals surface area contributed by atoms with E-state index in [1.165, 1.54) is 110 Å². The number of rotatable bonds is 28. The number of aromatic nitrogens is 10. The van der Waals surface area contributed by atoms with Gasteiger partial charge >= 0.3 is 0 Å². The fraction of sp³-hybridized carbons (Fsp3) is 0.448. The Morgan fingerprint density at radius 1 is 0.424 bits per heavy atom. The number of anilines is 4. The Bertz CT molecular complexity index is 5210. The van der Waals surface area contributed by atoms with Crippen molar-refractivity contribution in [3.63, 3.8) is 0 Å². The van der Waals surface area contributed by atoms with Crippen molar-refractivity contribution in [1.29, 1.82) is 0 Å². The van der Waals surface area contributed by atoms with Crippen LogP contribution in [0.2, 0.25) is 0 Å². The number of fused-ring (bicyclic) bond motifs is 4. The van der Waals surface area contributed by atoms with Gasteiger partial charge in [0.05, 0.1) is 35.2 Å². The summed E-state index contributed by atoms with van der Waals surface area (Å²) in [6.45, 7) is 23.3. The number of halogens is 1. The first-order chi connectivity index (χ1) is 57.0. The largest absolute Gasteiger partial charge is 0.317 e. The third kappa shape index (κ3) is 23.2. The zero-order valence-corrected chi connectivity index (χ0v) is 75.6. The second kappa shape index (κ2) is 41.8. The van der Waals surface area contributed by atoms with E-state index in [0.717, 1.165) is 160 Å². The minimum Gasteiger partial charge on any atom is -0.317 e. The smallest absolute Gasteiger partial charge is 0.226 e. The summed E-state index contributed by atoms with van der Waals surface area (Å²) in [5, 5.41) is 45.9. The molecule has 16 rings (SSSR count). The number of aryl methyl sites for hydroxylation is 7. The summed E-state index contributed by atoms with van der Waals surface area (Å²) in [6.07, 6.45) is 32.2. The monoisotopic (exact) mass is 1740 g/mol. The van der Waals surface area contributed by atoms with Gasteiger partial charge in [0.2, 0.25) is 23.6 Å². The van der Waals surface area contributed by atoms with Crippen molar-refractivity contribution < 1.29 is 23.6 Å². The van der Waals surface area contributed by atoms with Gasteiger partial charge in [-0.3, -0.25) is 38.4 Å². The summed E-state index contributed by atoms with van der Waals surface area (Å²) >= 11 is 13.3. The maximum Gasteiger partial charge on any atom is 0.226 e. The van der Waals surface area contributed by atoms with E-state index in [9.17, 15) is 23.6 Å². The van der Waals surface area contributed by atoms with E-state index < -0.39 is 0 Å². The van der Waals surface area contributed by atoms with Crippen LogP contribution in [0, 0.1) is 19.7 Å². The van der Waals surface area contributed by atoms with Gasteiger partial charge in [-0.2, -0.15) is 5.10 Å². The lowest BCUT2D eigenvalue weighted by molar-refractivity contribution is -0.116. The molecule has 0 atom stereocenters. The lowest BCUT2D eigenvalue weighted by Gasteiger charge is -2.12. The quantitative estimate of drug-likeness (QED) is 0.0226. The Hall–Kier alpha value is -8.31. The molecule has 0 saturated heterocycles. The van der Waals surface area contributed by atoms with E-state index in [1.54, 1.807) is 96.6 Å². The van der Waals surface area contributed by atoms with Crippen LogP contribution >= 0.6 is 90.7 Å². The summed E-state index contributed by atoms with van der Waals surface area (Å²) in [5.74, 6) is 0.677. The molecule has 0 bridgehead atoms. The highest BCUT2D eigenvalue weighted by Gasteiger charge is 2.31. The maximum absolute atomic E-state index is 13.6. The zero-order chi connectivity index (χ0) is 82.9. The van der Waals surface area contributed by atoms with E-state index in [4.69, 9.17) is 19.9 Å². The Kier molecular flexibility index (Phi) is 31.0. The second-order valence-electron chi connectivity index (χ2n) is 31.3. The third-order valence-electron chi connectivity index (χ3n) is 20.4.